The molecule has 4 heterocycles. The zero-order chi connectivity index (χ0) is 40.5. The second-order valence-electron chi connectivity index (χ2n) is 21.4. The molecule has 2 saturated heterocycles. The van der Waals surface area contributed by atoms with Crippen LogP contribution >= 0.6 is 0 Å². The first-order valence-electron chi connectivity index (χ1n) is 23.7. The summed E-state index contributed by atoms with van der Waals surface area (Å²) in [6, 6.07) is 4.75. The molecule has 2 amide bonds. The number of hydrogen-bond donors (Lipinski definition) is 2. The first-order valence-corrected chi connectivity index (χ1v) is 23.7. The lowest BCUT2D eigenvalue weighted by Crippen LogP contribution is -2.52. The Morgan fingerprint density at radius 2 is 1.14 bits per heavy atom. The van der Waals surface area contributed by atoms with Crippen molar-refractivity contribution in [3.63, 3.8) is 0 Å². The van der Waals surface area contributed by atoms with Gasteiger partial charge in [-0.2, -0.15) is 0 Å². The highest BCUT2D eigenvalue weighted by Gasteiger charge is 2.60. The zero-order valence-electron chi connectivity index (χ0n) is 36.7. The number of pyridine rings is 2. The molecule has 0 spiro atoms. The monoisotopic (exact) mass is 785 g/mol. The van der Waals surface area contributed by atoms with Crippen molar-refractivity contribution in [1.82, 2.24) is 20.6 Å². The Labute approximate surface area is 349 Å². The van der Waals surface area contributed by atoms with Gasteiger partial charge in [-0.05, 0) is 204 Å². The van der Waals surface area contributed by atoms with E-state index < -0.39 is 0 Å². The number of amides is 2. The molecule has 6 heteroatoms. The van der Waals surface area contributed by atoms with Crippen LogP contribution in [0, 0.1) is 69.0 Å². The summed E-state index contributed by atoms with van der Waals surface area (Å²) in [5.74, 6) is 6.47. The Kier molecular flexibility index (Phi) is 10.6. The predicted molar refractivity (Wildman–Crippen MR) is 234 cm³/mol. The molecule has 2 N–H and O–H groups in total. The van der Waals surface area contributed by atoms with E-state index in [4.69, 9.17) is 0 Å². The van der Waals surface area contributed by atoms with Crippen molar-refractivity contribution in [2.75, 3.05) is 13.1 Å². The highest BCUT2D eigenvalue weighted by atomic mass is 16.2. The highest BCUT2D eigenvalue weighted by molar-refractivity contribution is 5.77. The largest absolute Gasteiger partial charge is 0.356 e. The van der Waals surface area contributed by atoms with Crippen LogP contribution in [0.3, 0.4) is 0 Å². The van der Waals surface area contributed by atoms with Gasteiger partial charge in [0.15, 0.2) is 0 Å². The molecule has 6 aliphatic carbocycles. The minimum atomic E-state index is 0.269. The summed E-state index contributed by atoms with van der Waals surface area (Å²) in [5.41, 5.74) is 9.76. The average molecular weight is 785 g/mol. The van der Waals surface area contributed by atoms with Crippen molar-refractivity contribution >= 4 is 23.0 Å². The minimum Gasteiger partial charge on any atom is -0.356 e. The summed E-state index contributed by atoms with van der Waals surface area (Å²) in [6.45, 7) is 16.3. The average Bonchev–Trinajstić information content (AvgIpc) is 3.67. The van der Waals surface area contributed by atoms with Crippen molar-refractivity contribution in [2.45, 2.75) is 144 Å². The fourth-order valence-corrected chi connectivity index (χ4v) is 15.7. The highest BCUT2D eigenvalue weighted by Crippen LogP contribution is 2.68. The van der Waals surface area contributed by atoms with Crippen molar-refractivity contribution in [1.29, 1.82) is 0 Å². The number of nitrogens with one attached hydrogen (secondary N) is 2. The molecule has 12 atom stereocenters. The molecular weight excluding hydrogens is 713 g/mol. The Morgan fingerprint density at radius 3 is 1.69 bits per heavy atom. The maximum absolute atomic E-state index is 12.2. The lowest BCUT2D eigenvalue weighted by molar-refractivity contribution is -0.124. The number of hydrogen-bond acceptors (Lipinski definition) is 4. The lowest BCUT2D eigenvalue weighted by Gasteiger charge is -2.58. The third-order valence-electron chi connectivity index (χ3n) is 19.2. The van der Waals surface area contributed by atoms with E-state index in [9.17, 15) is 9.59 Å². The van der Waals surface area contributed by atoms with Gasteiger partial charge in [0.05, 0.1) is 0 Å². The van der Waals surface area contributed by atoms with E-state index in [0.717, 1.165) is 87.1 Å². The Bertz CT molecular complexity index is 1870. The van der Waals surface area contributed by atoms with Gasteiger partial charge < -0.3 is 10.6 Å². The normalized spacial score (nSPS) is 41.5. The summed E-state index contributed by atoms with van der Waals surface area (Å²) >= 11 is 0. The minimum absolute atomic E-state index is 0.269. The van der Waals surface area contributed by atoms with Crippen LogP contribution in [0.1, 0.15) is 154 Å². The fourth-order valence-electron chi connectivity index (χ4n) is 15.7. The molecule has 2 aliphatic heterocycles. The van der Waals surface area contributed by atoms with Crippen LogP contribution in [0.15, 0.2) is 49.1 Å². The van der Waals surface area contributed by atoms with E-state index in [1.54, 1.807) is 11.1 Å². The summed E-state index contributed by atoms with van der Waals surface area (Å²) in [6.07, 6.45) is 31.9. The molecule has 0 radical (unpaired) electrons. The SMILES string of the molecule is CCc1cncc(C2=CC[C@H]3[C@@H]4CC[C@H]5CC(=O)NCC[C@]5(C)[C@H]4CC[C@]23C)c1.CCc1cncc(C2=CC[C@H]3[C@@H]4CC[C@H]5CNC(=O)CC[C@]5(C)[C@H]4CC[C@]23C)c1. The van der Waals surface area contributed by atoms with E-state index >= 15 is 0 Å². The zero-order valence-corrected chi connectivity index (χ0v) is 36.7. The molecular formula is C52H72N4O2. The number of rotatable bonds is 4. The van der Waals surface area contributed by atoms with Gasteiger partial charge in [0, 0.05) is 50.7 Å². The van der Waals surface area contributed by atoms with Crippen LogP contribution in [0.2, 0.25) is 0 Å². The number of carbonyl (C=O) groups is 2. The van der Waals surface area contributed by atoms with E-state index in [2.05, 4.69) is 98.8 Å². The van der Waals surface area contributed by atoms with Crippen LogP contribution < -0.4 is 10.6 Å². The molecule has 10 rings (SSSR count). The van der Waals surface area contributed by atoms with Crippen molar-refractivity contribution in [3.05, 3.63) is 71.3 Å². The number of aryl methyl sites for hydroxylation is 2. The third kappa shape index (κ3) is 6.55. The number of carbonyl (C=O) groups excluding carboxylic acids is 2. The Morgan fingerprint density at radius 1 is 0.603 bits per heavy atom. The van der Waals surface area contributed by atoms with Gasteiger partial charge >= 0.3 is 0 Å². The van der Waals surface area contributed by atoms with Crippen molar-refractivity contribution < 1.29 is 9.59 Å². The van der Waals surface area contributed by atoms with Gasteiger partial charge in [-0.25, -0.2) is 0 Å². The molecule has 58 heavy (non-hydrogen) atoms. The van der Waals surface area contributed by atoms with E-state index in [0.29, 0.717) is 22.7 Å². The molecule has 6 nitrogen and oxygen atoms in total. The third-order valence-corrected chi connectivity index (χ3v) is 19.2. The lowest BCUT2D eigenvalue weighted by atomic mass is 9.46. The fraction of sp³-hybridized carbons (Fsp3) is 0.692. The summed E-state index contributed by atoms with van der Waals surface area (Å²) in [7, 11) is 0. The first-order chi connectivity index (χ1) is 27.9. The van der Waals surface area contributed by atoms with E-state index in [1.165, 1.54) is 86.5 Å². The standard InChI is InChI=1S/2C26H36N2O/c1-4-17-13-18(15-27-14-17)21-7-8-22-20-6-5-19-16-28-24(29)10-12-25(19,2)23(20)9-11-26(21,22)3;1-4-17-13-18(16-27-15-17)21-7-8-22-20-6-5-19-14-24(29)28-12-11-25(19,2)23(20)9-10-26(21,22)3/h7,13-15,19-20,22-23H,4-6,8-12,16H2,1-3H3,(H,28,29);7,13,15-16,19-20,22-23H,4-6,8-12,14H2,1-3H3,(H,28,29)/t2*19-,20-,22-,23-,25-,26+/m00/s1. The Balaban J connectivity index is 0.000000150. The van der Waals surface area contributed by atoms with Gasteiger partial charge in [-0.15, -0.1) is 0 Å². The molecule has 2 aromatic rings. The molecule has 6 fully saturated rings. The Hall–Kier alpha value is -3.28. The summed E-state index contributed by atoms with van der Waals surface area (Å²) < 4.78 is 0. The molecule has 2 aromatic heterocycles. The summed E-state index contributed by atoms with van der Waals surface area (Å²) in [5, 5.41) is 6.36. The topological polar surface area (TPSA) is 84.0 Å². The van der Waals surface area contributed by atoms with Gasteiger partial charge in [0.2, 0.25) is 11.8 Å². The number of aromatic nitrogens is 2. The molecule has 0 aromatic carbocycles. The smallest absolute Gasteiger partial charge is 0.220 e. The predicted octanol–water partition coefficient (Wildman–Crippen LogP) is 10.8. The van der Waals surface area contributed by atoms with Crippen LogP contribution in [0.25, 0.3) is 11.1 Å². The maximum atomic E-state index is 12.2. The van der Waals surface area contributed by atoms with Crippen LogP contribution in [-0.4, -0.2) is 34.9 Å². The second kappa shape index (κ2) is 15.3. The summed E-state index contributed by atoms with van der Waals surface area (Å²) in [4.78, 5) is 33.4. The first kappa shape index (κ1) is 40.1. The van der Waals surface area contributed by atoms with Gasteiger partial charge in [0.1, 0.15) is 0 Å². The quantitative estimate of drug-likeness (QED) is 0.323. The van der Waals surface area contributed by atoms with Gasteiger partial charge in [-0.3, -0.25) is 19.6 Å². The van der Waals surface area contributed by atoms with E-state index in [-0.39, 0.29) is 22.6 Å². The van der Waals surface area contributed by atoms with Crippen LogP contribution in [-0.2, 0) is 22.4 Å². The maximum Gasteiger partial charge on any atom is 0.220 e. The number of allylic oxidation sites excluding steroid dienone is 4. The molecule has 0 unspecified atom stereocenters. The van der Waals surface area contributed by atoms with Crippen LogP contribution in [0.4, 0.5) is 0 Å². The van der Waals surface area contributed by atoms with E-state index in [1.807, 2.05) is 12.4 Å². The van der Waals surface area contributed by atoms with Gasteiger partial charge in [0.25, 0.3) is 0 Å². The second-order valence-corrected chi connectivity index (χ2v) is 21.4. The molecule has 0 bridgehead atoms. The molecule has 312 valence electrons. The molecule has 8 aliphatic rings. The van der Waals surface area contributed by atoms with Gasteiger partial charge in [-0.1, -0.05) is 53.7 Å². The number of fused-ring (bicyclic) bond motifs is 10. The molecule has 4 saturated carbocycles. The van der Waals surface area contributed by atoms with Crippen LogP contribution in [0.5, 0.6) is 0 Å². The van der Waals surface area contributed by atoms with Crippen molar-refractivity contribution in [2.24, 2.45) is 69.0 Å². The van der Waals surface area contributed by atoms with Crippen molar-refractivity contribution in [3.8, 4) is 0 Å². The number of nitrogens with zero attached hydrogens (tertiary/aromatic N) is 2.